The Labute approximate surface area is 345 Å². The zero-order valence-corrected chi connectivity index (χ0v) is 33.2. The van der Waals surface area contributed by atoms with Crippen LogP contribution < -0.4 is 20.0 Å². The quantitative estimate of drug-likeness (QED) is 0.265. The van der Waals surface area contributed by atoms with Crippen molar-refractivity contribution in [3.8, 4) is 0 Å². The van der Waals surface area contributed by atoms with Crippen molar-refractivity contribution >= 4 is 52.3 Å². The Morgan fingerprint density at radius 1 is 0.817 bits per heavy atom. The molecule has 3 aromatic carbocycles. The average Bonchev–Trinajstić information content (AvgIpc) is 3.67. The maximum Gasteiger partial charge on any atom is 0.407 e. The third kappa shape index (κ3) is 7.02. The van der Waals surface area contributed by atoms with E-state index in [0.717, 1.165) is 80.9 Å². The molecular formula is C44H45F3N8O5. The Hall–Kier alpha value is -5.95. The smallest absolute Gasteiger partial charge is 0.371 e. The fourth-order valence-electron chi connectivity index (χ4n) is 10.1. The second-order valence-corrected chi connectivity index (χ2v) is 17.1. The molecule has 1 spiro atoms. The Bertz CT molecular complexity index is 2310. The number of amides is 5. The van der Waals surface area contributed by atoms with E-state index in [1.165, 1.54) is 6.07 Å². The van der Waals surface area contributed by atoms with Gasteiger partial charge in [-0.25, -0.2) is 4.85 Å². The van der Waals surface area contributed by atoms with Crippen LogP contribution in [0, 0.1) is 12.0 Å². The standard InChI is InChI=1S/C44H45F3N8O5/c1-27-23-43(26-54(27)31-8-10-36(48-2)35(22-31)44(45,46)47)13-15-50(16-14-43)29-5-3-28(4-6-29)40(58)52-19-17-51(18-20-52)32-24-53(25-32)30-7-9-33-34(21-30)42(60)55(41(33)59)37-11-12-38(56)49-39(37)57/h3-10,21-22,27,32,37H,11-20,23-26H2,1H3,(H,49,56,57)/t27-,37?/m0/s1. The van der Waals surface area contributed by atoms with Gasteiger partial charge < -0.3 is 19.6 Å². The van der Waals surface area contributed by atoms with Gasteiger partial charge in [-0.05, 0) is 92.6 Å². The Morgan fingerprint density at radius 3 is 2.15 bits per heavy atom. The third-order valence-electron chi connectivity index (χ3n) is 13.6. The van der Waals surface area contributed by atoms with Crippen molar-refractivity contribution in [2.75, 3.05) is 73.6 Å². The average molecular weight is 823 g/mol. The van der Waals surface area contributed by atoms with Crippen LogP contribution in [0.3, 0.4) is 0 Å². The summed E-state index contributed by atoms with van der Waals surface area (Å²) in [6.45, 7) is 15.7. The molecule has 13 nitrogen and oxygen atoms in total. The topological polar surface area (TPSA) is 121 Å². The first-order valence-electron chi connectivity index (χ1n) is 20.6. The minimum atomic E-state index is -4.59. The molecule has 5 fully saturated rings. The van der Waals surface area contributed by atoms with Crippen molar-refractivity contribution < 1.29 is 37.1 Å². The minimum absolute atomic E-state index is 0.00381. The number of halogens is 3. The highest BCUT2D eigenvalue weighted by Gasteiger charge is 2.47. The molecule has 1 unspecified atom stereocenters. The van der Waals surface area contributed by atoms with Gasteiger partial charge in [0.25, 0.3) is 17.7 Å². The van der Waals surface area contributed by atoms with Gasteiger partial charge in [0.2, 0.25) is 11.8 Å². The van der Waals surface area contributed by atoms with Crippen molar-refractivity contribution in [3.63, 3.8) is 0 Å². The predicted molar refractivity (Wildman–Crippen MR) is 216 cm³/mol. The van der Waals surface area contributed by atoms with Crippen LogP contribution in [-0.4, -0.2) is 121 Å². The van der Waals surface area contributed by atoms with Crippen molar-refractivity contribution in [3.05, 3.63) is 94.3 Å². The molecule has 6 aliphatic rings. The van der Waals surface area contributed by atoms with Crippen molar-refractivity contribution in [2.24, 2.45) is 5.41 Å². The van der Waals surface area contributed by atoms with Gasteiger partial charge in [0, 0.05) is 100 Å². The molecule has 2 atom stereocenters. The fraction of sp³-hybridized carbons (Fsp3) is 0.455. The van der Waals surface area contributed by atoms with Crippen LogP contribution in [0.1, 0.15) is 75.7 Å². The SMILES string of the molecule is [C-]#[N+]c1ccc(N2CC3(CCN(c4ccc(C(=O)N5CCN(C6CN(c7ccc8c(c7)C(=O)N(C7CCC(=O)NC7=O)C8=O)C6)CC5)cc4)CC3)C[C@@H]2C)cc1C(F)(F)F. The minimum Gasteiger partial charge on any atom is -0.371 e. The number of piperazine rings is 1. The summed E-state index contributed by atoms with van der Waals surface area (Å²) in [5.41, 5.74) is 2.26. The predicted octanol–water partition coefficient (Wildman–Crippen LogP) is 5.19. The van der Waals surface area contributed by atoms with E-state index in [-0.39, 0.29) is 53.1 Å². The van der Waals surface area contributed by atoms with Crippen LogP contribution in [0.5, 0.6) is 0 Å². The molecule has 0 saturated carbocycles. The first kappa shape index (κ1) is 39.5. The summed E-state index contributed by atoms with van der Waals surface area (Å²) < 4.78 is 41.1. The molecule has 6 aliphatic heterocycles. The maximum absolute atomic E-state index is 13.7. The van der Waals surface area contributed by atoms with Gasteiger partial charge in [0.15, 0.2) is 5.69 Å². The second kappa shape index (κ2) is 14.9. The number of rotatable bonds is 6. The zero-order valence-electron chi connectivity index (χ0n) is 33.2. The van der Waals surface area contributed by atoms with Crippen LogP contribution in [0.4, 0.5) is 35.9 Å². The molecule has 5 saturated heterocycles. The van der Waals surface area contributed by atoms with Crippen molar-refractivity contribution in [1.82, 2.24) is 20.0 Å². The lowest BCUT2D eigenvalue weighted by molar-refractivity contribution is -0.137. The number of imide groups is 2. The highest BCUT2D eigenvalue weighted by Crippen LogP contribution is 2.47. The maximum atomic E-state index is 13.7. The lowest BCUT2D eigenvalue weighted by Crippen LogP contribution is -2.63. The van der Waals surface area contributed by atoms with Crippen LogP contribution in [0.15, 0.2) is 60.7 Å². The van der Waals surface area contributed by atoms with Crippen molar-refractivity contribution in [1.29, 1.82) is 0 Å². The number of piperidine rings is 2. The van der Waals surface area contributed by atoms with E-state index in [0.29, 0.717) is 30.9 Å². The van der Waals surface area contributed by atoms with E-state index in [1.54, 1.807) is 18.2 Å². The molecular weight excluding hydrogens is 778 g/mol. The first-order chi connectivity index (χ1) is 28.7. The molecule has 0 radical (unpaired) electrons. The largest absolute Gasteiger partial charge is 0.407 e. The number of fused-ring (bicyclic) bond motifs is 1. The summed E-state index contributed by atoms with van der Waals surface area (Å²) >= 11 is 0. The summed E-state index contributed by atoms with van der Waals surface area (Å²) in [4.78, 5) is 78.8. The first-order valence-corrected chi connectivity index (χ1v) is 20.6. The number of nitrogens with zero attached hydrogens (tertiary/aromatic N) is 7. The Kier molecular flexibility index (Phi) is 9.84. The van der Waals surface area contributed by atoms with E-state index in [9.17, 15) is 37.1 Å². The van der Waals surface area contributed by atoms with E-state index < -0.39 is 41.4 Å². The van der Waals surface area contributed by atoms with E-state index in [2.05, 4.69) is 36.7 Å². The lowest BCUT2D eigenvalue weighted by Gasteiger charge is -2.49. The highest BCUT2D eigenvalue weighted by atomic mass is 19.4. The number of alkyl halides is 3. The second-order valence-electron chi connectivity index (χ2n) is 17.1. The van der Waals surface area contributed by atoms with Crippen LogP contribution >= 0.6 is 0 Å². The normalized spacial score (nSPS) is 23.6. The molecule has 312 valence electrons. The summed E-state index contributed by atoms with van der Waals surface area (Å²) in [5, 5.41) is 2.22. The van der Waals surface area contributed by atoms with Gasteiger partial charge in [0.05, 0.1) is 23.3 Å². The molecule has 5 amide bonds. The summed E-state index contributed by atoms with van der Waals surface area (Å²) in [6, 6.07) is 16.3. The highest BCUT2D eigenvalue weighted by molar-refractivity contribution is 6.23. The molecule has 0 aromatic heterocycles. The van der Waals surface area contributed by atoms with Gasteiger partial charge in [-0.1, -0.05) is 6.07 Å². The summed E-state index contributed by atoms with van der Waals surface area (Å²) in [7, 11) is 0. The van der Waals surface area contributed by atoms with E-state index >= 15 is 0 Å². The van der Waals surface area contributed by atoms with Crippen LogP contribution in [0.2, 0.25) is 0 Å². The van der Waals surface area contributed by atoms with Gasteiger partial charge in [-0.3, -0.25) is 39.1 Å². The Balaban J connectivity index is 0.743. The molecule has 3 aromatic rings. The van der Waals surface area contributed by atoms with Gasteiger partial charge in [-0.2, -0.15) is 13.2 Å². The van der Waals surface area contributed by atoms with Gasteiger partial charge >= 0.3 is 6.18 Å². The number of benzene rings is 3. The number of anilines is 3. The van der Waals surface area contributed by atoms with E-state index in [1.807, 2.05) is 35.2 Å². The molecule has 16 heteroatoms. The summed E-state index contributed by atoms with van der Waals surface area (Å²) in [5.74, 6) is -2.10. The van der Waals surface area contributed by atoms with Crippen LogP contribution in [-0.2, 0) is 15.8 Å². The van der Waals surface area contributed by atoms with Gasteiger partial charge in [0.1, 0.15) is 6.04 Å². The Morgan fingerprint density at radius 2 is 1.48 bits per heavy atom. The summed E-state index contributed by atoms with van der Waals surface area (Å²) in [6.07, 6.45) is -1.71. The number of hydrogen-bond acceptors (Lipinski definition) is 9. The fourth-order valence-corrected chi connectivity index (χ4v) is 10.1. The lowest BCUT2D eigenvalue weighted by atomic mass is 9.76. The molecule has 0 bridgehead atoms. The third-order valence-corrected chi connectivity index (χ3v) is 13.6. The molecule has 1 N–H and O–H groups in total. The molecule has 6 heterocycles. The number of carbonyl (C=O) groups is 5. The molecule has 9 rings (SSSR count). The monoisotopic (exact) mass is 822 g/mol. The van der Waals surface area contributed by atoms with Crippen LogP contribution in [0.25, 0.3) is 4.85 Å². The van der Waals surface area contributed by atoms with Crippen molar-refractivity contribution in [2.45, 2.75) is 63.3 Å². The molecule has 0 aliphatic carbocycles. The number of hydrogen-bond donors (Lipinski definition) is 1. The zero-order chi connectivity index (χ0) is 42.1. The number of nitrogens with one attached hydrogen (secondary N) is 1. The number of carbonyl (C=O) groups excluding carboxylic acids is 5. The van der Waals surface area contributed by atoms with Gasteiger partial charge in [-0.15, -0.1) is 0 Å². The molecule has 60 heavy (non-hydrogen) atoms. The van der Waals surface area contributed by atoms with E-state index in [4.69, 9.17) is 6.57 Å².